The van der Waals surface area contributed by atoms with Crippen LogP contribution in [-0.4, -0.2) is 0 Å². The van der Waals surface area contributed by atoms with Crippen molar-refractivity contribution in [1.82, 2.24) is 0 Å². The largest absolute Gasteiger partial charge is 0.0882 e. The molecule has 29 aliphatic rings. The molecule has 0 nitrogen and oxygen atoms in total. The second-order valence-electron chi connectivity index (χ2n) is 60.6. The first-order valence-corrected chi connectivity index (χ1v) is 56.3. The molecule has 0 aromatic carbocycles. The molecule has 0 spiro atoms. The highest BCUT2D eigenvalue weighted by Gasteiger charge is 2.83. The molecule has 0 aliphatic heterocycles. The summed E-state index contributed by atoms with van der Waals surface area (Å²) in [6.45, 7) is 86.6. The summed E-state index contributed by atoms with van der Waals surface area (Å²) in [6.07, 6.45) is 66.3. The molecule has 128 heavy (non-hydrogen) atoms. The van der Waals surface area contributed by atoms with Crippen molar-refractivity contribution in [3.8, 4) is 0 Å². The normalized spacial score (nSPS) is 57.9. The minimum atomic E-state index is 0.516. The Morgan fingerprint density at radius 2 is 0.391 bits per heavy atom. The zero-order valence-corrected chi connectivity index (χ0v) is 88.4. The van der Waals surface area contributed by atoms with E-state index in [0.29, 0.717) is 65.0 Å². The fourth-order valence-corrected chi connectivity index (χ4v) is 48.8. The number of fused-ring (bicyclic) bond motifs is 57. The van der Waals surface area contributed by atoms with E-state index in [1.807, 2.05) is 0 Å². The molecular weight excluding hydrogens is 1540 g/mol. The summed E-state index contributed by atoms with van der Waals surface area (Å²) < 4.78 is 0. The zero-order chi connectivity index (χ0) is 91.2. The quantitative estimate of drug-likeness (QED) is 0.168. The second kappa shape index (κ2) is 28.9. The summed E-state index contributed by atoms with van der Waals surface area (Å²) in [7, 11) is 0. The van der Waals surface area contributed by atoms with Crippen LogP contribution in [0.15, 0.2) is 134 Å². The van der Waals surface area contributed by atoms with Gasteiger partial charge in [-0.25, -0.2) is 0 Å². The predicted molar refractivity (Wildman–Crippen MR) is 541 cm³/mol. The van der Waals surface area contributed by atoms with Crippen LogP contribution < -0.4 is 0 Å². The van der Waals surface area contributed by atoms with Gasteiger partial charge in [0.1, 0.15) is 0 Å². The molecule has 704 valence electrons. The Labute approximate surface area is 787 Å². The van der Waals surface area contributed by atoms with Crippen LogP contribution in [0.1, 0.15) is 287 Å². The third-order valence-electron chi connectivity index (χ3n) is 53.5. The average molecular weight is 1730 g/mol. The fraction of sp³-hybridized carbons (Fsp3) is 0.828. The first-order valence-electron chi connectivity index (χ1n) is 56.3. The first-order chi connectivity index (χ1) is 59.8. The van der Waals surface area contributed by atoms with Crippen LogP contribution in [0.25, 0.3) is 0 Å². The lowest BCUT2D eigenvalue weighted by atomic mass is 9.50. The Hall–Kier alpha value is -2.86. The minimum absolute atomic E-state index is 0.516. The molecule has 24 bridgehead atoms. The second-order valence-corrected chi connectivity index (χ2v) is 60.6. The zero-order valence-electron chi connectivity index (χ0n) is 88.4. The lowest BCUT2D eigenvalue weighted by Crippen LogP contribution is -2.50. The molecule has 0 amide bonds. The molecular formula is C128H192. The molecule has 18 fully saturated rings. The van der Waals surface area contributed by atoms with Gasteiger partial charge in [-0.3, -0.25) is 0 Å². The van der Waals surface area contributed by atoms with Gasteiger partial charge in [0.25, 0.3) is 0 Å². The summed E-state index contributed by atoms with van der Waals surface area (Å²) in [6, 6.07) is 0. The van der Waals surface area contributed by atoms with E-state index in [1.54, 1.807) is 0 Å². The summed E-state index contributed by atoms with van der Waals surface area (Å²) in [4.78, 5) is 0. The lowest BCUT2D eigenvalue weighted by molar-refractivity contribution is -0.0650. The maximum atomic E-state index is 2.69. The molecule has 0 aromatic heterocycles. The van der Waals surface area contributed by atoms with Gasteiger partial charge in [0.2, 0.25) is 0 Å². The van der Waals surface area contributed by atoms with Crippen molar-refractivity contribution in [2.45, 2.75) is 287 Å². The Kier molecular flexibility index (Phi) is 20.4. The maximum absolute atomic E-state index is 2.69. The molecule has 0 radical (unpaired) electrons. The van der Waals surface area contributed by atoms with E-state index in [1.165, 1.54) is 51.4 Å². The molecule has 52 unspecified atom stereocenters. The van der Waals surface area contributed by atoms with Gasteiger partial charge in [-0.2, -0.15) is 0 Å². The molecule has 0 saturated heterocycles. The van der Waals surface area contributed by atoms with Crippen molar-refractivity contribution < 1.29 is 0 Å². The topological polar surface area (TPSA) is 0 Å². The van der Waals surface area contributed by atoms with Crippen LogP contribution in [-0.2, 0) is 0 Å². The molecule has 29 rings (SSSR count). The monoisotopic (exact) mass is 1730 g/mol. The van der Waals surface area contributed by atoms with E-state index in [4.69, 9.17) is 0 Å². The van der Waals surface area contributed by atoms with Crippen molar-refractivity contribution in [2.24, 2.45) is 373 Å². The molecule has 18 saturated carbocycles. The van der Waals surface area contributed by atoms with E-state index in [-0.39, 0.29) is 0 Å². The van der Waals surface area contributed by atoms with Gasteiger partial charge < -0.3 is 0 Å². The molecule has 0 N–H and O–H groups in total. The number of allylic oxidation sites excluding steroid dienone is 22. The number of rotatable bonds is 0. The first kappa shape index (κ1) is 90.3. The predicted octanol–water partition coefficient (Wildman–Crippen LogP) is 33.1. The smallest absolute Gasteiger partial charge is 0.0110 e. The van der Waals surface area contributed by atoms with E-state index < -0.39 is 0 Å². The summed E-state index contributed by atoms with van der Waals surface area (Å²) in [5.41, 5.74) is 6.74. The Morgan fingerprint density at radius 1 is 0.156 bits per heavy atom. The number of hydrogen-bond donors (Lipinski definition) is 0. The van der Waals surface area contributed by atoms with Crippen molar-refractivity contribution >= 4 is 0 Å². The Bertz CT molecular complexity index is 4460. The fourth-order valence-electron chi connectivity index (χ4n) is 48.8. The van der Waals surface area contributed by atoms with E-state index >= 15 is 0 Å². The minimum Gasteiger partial charge on any atom is -0.0882 e. The van der Waals surface area contributed by atoms with Gasteiger partial charge in [0.15, 0.2) is 0 Å². The molecule has 52 atom stereocenters. The van der Waals surface area contributed by atoms with Crippen molar-refractivity contribution in [3.63, 3.8) is 0 Å². The van der Waals surface area contributed by atoms with Gasteiger partial charge in [-0.05, 0) is 418 Å². The van der Waals surface area contributed by atoms with Crippen LogP contribution in [0.4, 0.5) is 0 Å². The van der Waals surface area contributed by atoms with Crippen molar-refractivity contribution in [2.75, 3.05) is 0 Å². The van der Waals surface area contributed by atoms with Crippen LogP contribution >= 0.6 is 0 Å². The Balaban J connectivity index is 0.0000000879. The van der Waals surface area contributed by atoms with Crippen LogP contribution in [0.5, 0.6) is 0 Å². The number of hydrogen-bond acceptors (Lipinski definition) is 0. The highest BCUT2D eigenvalue weighted by atomic mass is 14.9. The van der Waals surface area contributed by atoms with Crippen LogP contribution in [0.2, 0.25) is 0 Å². The van der Waals surface area contributed by atoms with Crippen molar-refractivity contribution in [1.29, 1.82) is 0 Å². The van der Waals surface area contributed by atoms with Gasteiger partial charge in [-0.15, -0.1) is 0 Å². The summed E-state index contributed by atoms with van der Waals surface area (Å²) >= 11 is 0. The third kappa shape index (κ3) is 11.3. The summed E-state index contributed by atoms with van der Waals surface area (Å²) in [5.74, 6) is 48.7. The van der Waals surface area contributed by atoms with Crippen molar-refractivity contribution in [3.05, 3.63) is 134 Å². The standard InChI is InChI=1S/C25H38.C24H38.C18H28.2C13H18.C12H18.C12H16.C11H18/c1-11-12(2)20-18-17(19(11)24(20,5)6)21-15-13-9-10-14(23(13,3)4)16(15)22(18)25(21,7)8;1-11-12(2)22-20-14(4)18-16-10-9-15(23(16,5)6)17(18)13(3)19(20)21(11)24(22,7)8;1-9-10(2)16-14-12-8-7-11(17(12,3)4)13(14)15(9)18(16,5)6;2*1-13(2)11-7-8-12(13)10-6-4-3-5-9(10)11;2*1-12(2)10-6-7-11(12)9-5-3-4-8(9)10;1-7-8(2)10-6-5-9(7)11(10,3)4/h9-22H,1-8H3;9-22H,1-8H3;7-16H,1-6H3;3,5,7-12H,4,6H2,1-2H3;3-4,7-12H,5-6H2,1-2H3;6-11H,3-5H2,1-2H3;3-4,6-11H,5H2,1-2H3;5-10H,1-4H3. The Morgan fingerprint density at radius 3 is 0.727 bits per heavy atom. The van der Waals surface area contributed by atoms with E-state index in [9.17, 15) is 0 Å². The van der Waals surface area contributed by atoms with Gasteiger partial charge >= 0.3 is 0 Å². The van der Waals surface area contributed by atoms with Gasteiger partial charge in [0, 0.05) is 0 Å². The molecule has 0 heterocycles. The summed E-state index contributed by atoms with van der Waals surface area (Å²) in [5, 5.41) is 0. The van der Waals surface area contributed by atoms with Crippen LogP contribution in [0, 0.1) is 373 Å². The van der Waals surface area contributed by atoms with Gasteiger partial charge in [0.05, 0.1) is 0 Å². The maximum Gasteiger partial charge on any atom is -0.0110 e. The lowest BCUT2D eigenvalue weighted by Gasteiger charge is -2.55. The molecule has 0 heteroatoms. The van der Waals surface area contributed by atoms with E-state index in [2.05, 4.69) is 369 Å². The molecule has 0 aromatic rings. The highest BCUT2D eigenvalue weighted by molar-refractivity contribution is 5.38. The van der Waals surface area contributed by atoms with Crippen LogP contribution in [0.3, 0.4) is 0 Å². The highest BCUT2D eigenvalue weighted by Crippen LogP contribution is 2.88. The third-order valence-corrected chi connectivity index (χ3v) is 53.5. The SMILES string of the molecule is CC1(C)C2C=CC1C1CC=CC12.CC1(C)C2C=CC1C1CC=CCC12.CC1(C)C2C=CC1C1CCC=CC12.CC1(C)C2C=CC1C1CCCC12.CC1C(C)C2C3C(C1C2(C)C)C1C2C(C4C=CC2C4(C)C)C3C1(C)C.CC1C(C)C2C3C(C4C=CC3C4(C)C)C1C2(C)C.CC1C(C)C2C=CC1C2(C)C.CC1C2C(C(C)C3C1C1C(C)C(C)C3C1(C)C)C1C=CC2C1(C)C. The molecule has 29 aliphatic carbocycles. The average Bonchev–Trinajstić information content (AvgIpc) is 1.45. The van der Waals surface area contributed by atoms with Gasteiger partial charge in [-0.1, -0.05) is 376 Å². The van der Waals surface area contributed by atoms with E-state index in [0.717, 1.165) is 308 Å².